The van der Waals surface area contributed by atoms with E-state index < -0.39 is 0 Å². The maximum Gasteiger partial charge on any atom is 0.285 e. The van der Waals surface area contributed by atoms with Gasteiger partial charge in [0.05, 0.1) is 6.54 Å². The molecule has 2 aromatic rings. The lowest BCUT2D eigenvalue weighted by molar-refractivity contribution is -0.681. The van der Waals surface area contributed by atoms with Gasteiger partial charge in [-0.15, -0.1) is 0 Å². The molecule has 0 radical (unpaired) electrons. The largest absolute Gasteiger partial charge is 0.398 e. The zero-order chi connectivity index (χ0) is 13.7. The predicted octanol–water partition coefficient (Wildman–Crippen LogP) is 1.42. The molecule has 2 fully saturated rings. The first-order valence-electron chi connectivity index (χ1n) is 7.19. The second-order valence-electron chi connectivity index (χ2n) is 6.28. The van der Waals surface area contributed by atoms with Gasteiger partial charge in [-0.05, 0) is 31.4 Å². The summed E-state index contributed by atoms with van der Waals surface area (Å²) in [4.78, 5) is 4.56. The van der Waals surface area contributed by atoms with Gasteiger partial charge in [-0.1, -0.05) is 17.3 Å². The Bertz CT molecular complexity index is 660. The highest BCUT2D eigenvalue weighted by Crippen LogP contribution is 2.52. The molecule has 5 nitrogen and oxygen atoms in total. The van der Waals surface area contributed by atoms with Crippen LogP contribution in [0.3, 0.4) is 0 Å². The lowest BCUT2D eigenvalue weighted by atomic mass is 10.0. The molecular formula is C15H19N4O+. The molecule has 0 bridgehead atoms. The first kappa shape index (κ1) is 11.9. The number of hydrogen-bond donors (Lipinski definition) is 2. The molecule has 20 heavy (non-hydrogen) atoms. The van der Waals surface area contributed by atoms with Crippen molar-refractivity contribution in [2.45, 2.75) is 32.2 Å². The molecule has 2 heterocycles. The van der Waals surface area contributed by atoms with Crippen molar-refractivity contribution >= 4 is 5.69 Å². The van der Waals surface area contributed by atoms with Crippen molar-refractivity contribution < 1.29 is 9.84 Å². The molecule has 0 amide bonds. The van der Waals surface area contributed by atoms with E-state index in [1.807, 2.05) is 25.1 Å². The van der Waals surface area contributed by atoms with Crippen LogP contribution in [0.2, 0.25) is 0 Å². The molecule has 104 valence electrons. The van der Waals surface area contributed by atoms with Crippen LogP contribution in [0, 0.1) is 12.3 Å². The van der Waals surface area contributed by atoms with Crippen LogP contribution in [0.25, 0.3) is 11.4 Å². The van der Waals surface area contributed by atoms with Crippen molar-refractivity contribution in [3.8, 4) is 11.4 Å². The number of nitrogen functional groups attached to an aromatic ring is 1. The Morgan fingerprint density at radius 2 is 2.25 bits per heavy atom. The number of anilines is 1. The smallest absolute Gasteiger partial charge is 0.285 e. The number of nitrogens with two attached hydrogens (primary N) is 2. The number of aryl methyl sites for hydroxylation is 1. The van der Waals surface area contributed by atoms with Gasteiger partial charge in [0.1, 0.15) is 0 Å². The number of rotatable bonds is 2. The number of quaternary nitrogens is 1. The standard InChI is InChI=1S/C15H18N4O/c1-9-2-3-10(6-11(9)16)13-18-14(20-19-13)12-7-15(4-5-15)8-17-12/h2-3,6,12,17H,4-5,7-8,16H2,1H3/p+1/t12-/m0/s1. The zero-order valence-corrected chi connectivity index (χ0v) is 11.6. The van der Waals surface area contributed by atoms with Gasteiger partial charge in [-0.3, -0.25) is 0 Å². The van der Waals surface area contributed by atoms with E-state index in [1.165, 1.54) is 25.8 Å². The van der Waals surface area contributed by atoms with Crippen molar-refractivity contribution in [3.05, 3.63) is 29.7 Å². The van der Waals surface area contributed by atoms with Crippen molar-refractivity contribution in [2.24, 2.45) is 5.41 Å². The molecule has 1 aliphatic heterocycles. The van der Waals surface area contributed by atoms with Gasteiger partial charge < -0.3 is 15.6 Å². The third-order valence-electron chi connectivity index (χ3n) is 4.74. The van der Waals surface area contributed by atoms with Crippen LogP contribution in [0.1, 0.15) is 36.8 Å². The second-order valence-corrected chi connectivity index (χ2v) is 6.28. The molecule has 2 aliphatic rings. The minimum atomic E-state index is 0.335. The first-order valence-corrected chi connectivity index (χ1v) is 7.19. The lowest BCUT2D eigenvalue weighted by Gasteiger charge is -2.01. The quantitative estimate of drug-likeness (QED) is 0.809. The van der Waals surface area contributed by atoms with Crippen LogP contribution < -0.4 is 11.1 Å². The van der Waals surface area contributed by atoms with Crippen molar-refractivity contribution in [2.75, 3.05) is 12.3 Å². The van der Waals surface area contributed by atoms with Crippen LogP contribution in [0.15, 0.2) is 22.7 Å². The molecule has 1 spiro atoms. The summed E-state index contributed by atoms with van der Waals surface area (Å²) in [5.74, 6) is 1.39. The zero-order valence-electron chi connectivity index (χ0n) is 11.6. The summed E-state index contributed by atoms with van der Waals surface area (Å²) >= 11 is 0. The summed E-state index contributed by atoms with van der Waals surface area (Å²) in [5, 5.41) is 6.45. The van der Waals surface area contributed by atoms with E-state index in [0.29, 0.717) is 17.3 Å². The Morgan fingerprint density at radius 3 is 2.95 bits per heavy atom. The number of benzene rings is 1. The number of nitrogens with zero attached hydrogens (tertiary/aromatic N) is 2. The molecule has 1 aromatic carbocycles. The van der Waals surface area contributed by atoms with Gasteiger partial charge in [0, 0.05) is 23.1 Å². The average molecular weight is 271 g/mol. The Hall–Kier alpha value is -1.88. The van der Waals surface area contributed by atoms with Crippen LogP contribution in [0.5, 0.6) is 0 Å². The van der Waals surface area contributed by atoms with Crippen molar-refractivity contribution in [1.29, 1.82) is 0 Å². The summed E-state index contributed by atoms with van der Waals surface area (Å²) in [6.07, 6.45) is 3.88. The van der Waals surface area contributed by atoms with Gasteiger partial charge in [0.15, 0.2) is 6.04 Å². The number of aromatic nitrogens is 2. The maximum absolute atomic E-state index is 5.94. The summed E-state index contributed by atoms with van der Waals surface area (Å²) in [6.45, 7) is 3.19. The van der Waals surface area contributed by atoms with Crippen LogP contribution in [-0.2, 0) is 0 Å². The molecule has 1 aliphatic carbocycles. The molecule has 0 unspecified atom stereocenters. The van der Waals surface area contributed by atoms with Gasteiger partial charge in [0.25, 0.3) is 5.89 Å². The van der Waals surface area contributed by atoms with Gasteiger partial charge in [0.2, 0.25) is 5.82 Å². The van der Waals surface area contributed by atoms with Crippen molar-refractivity contribution in [3.63, 3.8) is 0 Å². The Morgan fingerprint density at radius 1 is 1.40 bits per heavy atom. The van der Waals surface area contributed by atoms with E-state index in [2.05, 4.69) is 15.5 Å². The minimum absolute atomic E-state index is 0.335. The Kier molecular flexibility index (Phi) is 2.41. The summed E-state index contributed by atoms with van der Waals surface area (Å²) in [5.41, 5.74) is 9.26. The fourth-order valence-electron chi connectivity index (χ4n) is 3.08. The van der Waals surface area contributed by atoms with E-state index in [4.69, 9.17) is 10.3 Å². The average Bonchev–Trinajstić information content (AvgIpc) is 2.87. The van der Waals surface area contributed by atoms with Crippen LogP contribution >= 0.6 is 0 Å². The molecule has 4 rings (SSSR count). The third-order valence-corrected chi connectivity index (χ3v) is 4.74. The molecule has 1 saturated heterocycles. The van der Waals surface area contributed by atoms with Crippen LogP contribution in [-0.4, -0.2) is 16.7 Å². The lowest BCUT2D eigenvalue weighted by Crippen LogP contribution is -2.82. The van der Waals surface area contributed by atoms with E-state index in [0.717, 1.165) is 22.7 Å². The second kappa shape index (κ2) is 4.06. The van der Waals surface area contributed by atoms with Crippen molar-refractivity contribution in [1.82, 2.24) is 10.1 Å². The van der Waals surface area contributed by atoms with E-state index in [9.17, 15) is 0 Å². The van der Waals surface area contributed by atoms with E-state index in [1.54, 1.807) is 0 Å². The first-order chi connectivity index (χ1) is 9.65. The normalized spacial score (nSPS) is 23.4. The highest BCUT2D eigenvalue weighted by molar-refractivity contribution is 5.63. The predicted molar refractivity (Wildman–Crippen MR) is 74.7 cm³/mol. The summed E-state index contributed by atoms with van der Waals surface area (Å²) in [6, 6.07) is 6.22. The molecule has 1 aromatic heterocycles. The van der Waals surface area contributed by atoms with Gasteiger partial charge in [-0.25, -0.2) is 0 Å². The van der Waals surface area contributed by atoms with Gasteiger partial charge in [-0.2, -0.15) is 4.98 Å². The fourth-order valence-corrected chi connectivity index (χ4v) is 3.08. The summed E-state index contributed by atoms with van der Waals surface area (Å²) < 4.78 is 5.46. The third kappa shape index (κ3) is 1.89. The molecular weight excluding hydrogens is 252 g/mol. The summed E-state index contributed by atoms with van der Waals surface area (Å²) in [7, 11) is 0. The SMILES string of the molecule is Cc1ccc(-c2noc([C@@H]3CC4(CC4)C[NH2+]3)n2)cc1N. The molecule has 1 saturated carbocycles. The maximum atomic E-state index is 5.94. The Labute approximate surface area is 117 Å². The molecule has 5 heteroatoms. The van der Waals surface area contributed by atoms with E-state index in [-0.39, 0.29) is 0 Å². The molecule has 1 atom stereocenters. The topological polar surface area (TPSA) is 81.5 Å². The van der Waals surface area contributed by atoms with Gasteiger partial charge >= 0.3 is 0 Å². The van der Waals surface area contributed by atoms with Crippen LogP contribution in [0.4, 0.5) is 5.69 Å². The monoisotopic (exact) mass is 271 g/mol. The fraction of sp³-hybridized carbons (Fsp3) is 0.467. The minimum Gasteiger partial charge on any atom is -0.398 e. The molecule has 4 N–H and O–H groups in total. The number of hydrogen-bond acceptors (Lipinski definition) is 4. The highest BCUT2D eigenvalue weighted by atomic mass is 16.5. The van der Waals surface area contributed by atoms with E-state index >= 15 is 0 Å². The highest BCUT2D eigenvalue weighted by Gasteiger charge is 2.53. The Balaban J connectivity index is 1.59.